The zero-order valence-corrected chi connectivity index (χ0v) is 13.4. The van der Waals surface area contributed by atoms with E-state index < -0.39 is 0 Å². The first-order valence-electron chi connectivity index (χ1n) is 7.87. The Kier molecular flexibility index (Phi) is 3.01. The minimum atomic E-state index is -0.0446. The SMILES string of the molecule is O=C(c1cc(Cl)ccc1-n1cnnn1)N1CC2C3C=CC(O3)C2C1. The average molecular weight is 344 g/mol. The van der Waals surface area contributed by atoms with Crippen molar-refractivity contribution in [2.45, 2.75) is 12.2 Å². The van der Waals surface area contributed by atoms with Crippen LogP contribution in [0.1, 0.15) is 10.4 Å². The van der Waals surface area contributed by atoms with Gasteiger partial charge in [0.1, 0.15) is 6.33 Å². The zero-order chi connectivity index (χ0) is 16.3. The highest BCUT2D eigenvalue weighted by Gasteiger charge is 2.51. The number of ether oxygens (including phenoxy) is 1. The molecular formula is C16H14ClN5O2. The Morgan fingerprint density at radius 3 is 2.62 bits per heavy atom. The highest BCUT2D eigenvalue weighted by molar-refractivity contribution is 6.31. The first-order chi connectivity index (χ1) is 11.7. The molecule has 1 aromatic heterocycles. The van der Waals surface area contributed by atoms with Gasteiger partial charge in [-0.05, 0) is 28.6 Å². The number of amides is 1. The number of fused-ring (bicyclic) bond motifs is 5. The van der Waals surface area contributed by atoms with Crippen LogP contribution in [-0.4, -0.2) is 56.3 Å². The van der Waals surface area contributed by atoms with Crippen LogP contribution in [-0.2, 0) is 4.74 Å². The smallest absolute Gasteiger partial charge is 0.256 e. The van der Waals surface area contributed by atoms with E-state index in [1.165, 1.54) is 11.0 Å². The summed E-state index contributed by atoms with van der Waals surface area (Å²) in [6.07, 6.45) is 6.00. The molecule has 1 aromatic carbocycles. The average Bonchev–Trinajstić information content (AvgIpc) is 3.35. The summed E-state index contributed by atoms with van der Waals surface area (Å²) in [7, 11) is 0. The summed E-state index contributed by atoms with van der Waals surface area (Å²) in [6.45, 7) is 1.41. The standard InChI is InChI=1S/C16H14ClN5O2/c17-9-1-2-13(22-8-18-19-20-22)10(5-9)16(23)21-6-11-12(7-21)15-4-3-14(11)24-15/h1-5,8,11-12,14-15H,6-7H2. The van der Waals surface area contributed by atoms with Gasteiger partial charge in [0.25, 0.3) is 5.91 Å². The Morgan fingerprint density at radius 1 is 1.21 bits per heavy atom. The van der Waals surface area contributed by atoms with Crippen LogP contribution in [0.15, 0.2) is 36.7 Å². The van der Waals surface area contributed by atoms with Crippen molar-refractivity contribution in [1.82, 2.24) is 25.1 Å². The van der Waals surface area contributed by atoms with Crippen molar-refractivity contribution in [3.8, 4) is 5.69 Å². The Balaban J connectivity index is 1.47. The number of aromatic nitrogens is 4. The summed E-state index contributed by atoms with van der Waals surface area (Å²) < 4.78 is 7.35. The van der Waals surface area contributed by atoms with Gasteiger partial charge < -0.3 is 9.64 Å². The predicted molar refractivity (Wildman–Crippen MR) is 84.8 cm³/mol. The highest BCUT2D eigenvalue weighted by Crippen LogP contribution is 2.44. The Morgan fingerprint density at radius 2 is 1.96 bits per heavy atom. The van der Waals surface area contributed by atoms with E-state index in [0.717, 1.165) is 0 Å². The number of likely N-dealkylation sites (tertiary alicyclic amines) is 1. The first-order valence-corrected chi connectivity index (χ1v) is 8.24. The minimum Gasteiger partial charge on any atom is -0.366 e. The summed E-state index contributed by atoms with van der Waals surface area (Å²) >= 11 is 6.12. The second-order valence-corrected chi connectivity index (χ2v) is 6.84. The van der Waals surface area contributed by atoms with Crippen LogP contribution in [0.2, 0.25) is 5.02 Å². The molecule has 5 rings (SSSR count). The maximum atomic E-state index is 13.1. The molecule has 0 spiro atoms. The van der Waals surface area contributed by atoms with Gasteiger partial charge in [0, 0.05) is 29.9 Å². The van der Waals surface area contributed by atoms with Crippen molar-refractivity contribution in [3.05, 3.63) is 47.3 Å². The number of nitrogens with zero attached hydrogens (tertiary/aromatic N) is 5. The Hall–Kier alpha value is -2.25. The molecule has 2 saturated heterocycles. The maximum Gasteiger partial charge on any atom is 0.256 e. The number of hydrogen-bond donors (Lipinski definition) is 0. The Labute approximate surface area is 142 Å². The number of carbonyl (C=O) groups excluding carboxylic acids is 1. The highest BCUT2D eigenvalue weighted by atomic mass is 35.5. The lowest BCUT2D eigenvalue weighted by Crippen LogP contribution is -2.32. The quantitative estimate of drug-likeness (QED) is 0.769. The van der Waals surface area contributed by atoms with Crippen molar-refractivity contribution in [2.24, 2.45) is 11.8 Å². The van der Waals surface area contributed by atoms with Gasteiger partial charge in [-0.15, -0.1) is 5.10 Å². The van der Waals surface area contributed by atoms with Gasteiger partial charge in [0.05, 0.1) is 23.5 Å². The molecule has 3 aliphatic rings. The number of benzene rings is 1. The van der Waals surface area contributed by atoms with Crippen molar-refractivity contribution in [3.63, 3.8) is 0 Å². The lowest BCUT2D eigenvalue weighted by Gasteiger charge is -2.20. The summed E-state index contributed by atoms with van der Waals surface area (Å²) in [4.78, 5) is 15.0. The summed E-state index contributed by atoms with van der Waals surface area (Å²) in [5, 5.41) is 11.7. The molecule has 2 fully saturated rings. The monoisotopic (exact) mass is 343 g/mol. The molecule has 0 saturated carbocycles. The van der Waals surface area contributed by atoms with Crippen molar-refractivity contribution < 1.29 is 9.53 Å². The van der Waals surface area contributed by atoms with Gasteiger partial charge in [-0.25, -0.2) is 0 Å². The molecule has 24 heavy (non-hydrogen) atoms. The number of carbonyl (C=O) groups is 1. The topological polar surface area (TPSA) is 73.1 Å². The lowest BCUT2D eigenvalue weighted by molar-refractivity contribution is 0.0655. The molecule has 7 nitrogen and oxygen atoms in total. The maximum absolute atomic E-state index is 13.1. The third kappa shape index (κ3) is 2.01. The van der Waals surface area contributed by atoms with Crippen LogP contribution in [0.25, 0.3) is 5.69 Å². The van der Waals surface area contributed by atoms with Crippen LogP contribution in [0.5, 0.6) is 0 Å². The van der Waals surface area contributed by atoms with E-state index in [-0.39, 0.29) is 18.1 Å². The molecule has 122 valence electrons. The number of tetrazole rings is 1. The van der Waals surface area contributed by atoms with E-state index >= 15 is 0 Å². The van der Waals surface area contributed by atoms with Gasteiger partial charge in [-0.1, -0.05) is 23.8 Å². The lowest BCUT2D eigenvalue weighted by atomic mass is 9.86. The van der Waals surface area contributed by atoms with Gasteiger partial charge in [0.15, 0.2) is 0 Å². The fourth-order valence-corrected chi connectivity index (χ4v) is 4.19. The summed E-state index contributed by atoms with van der Waals surface area (Å²) in [6, 6.07) is 5.17. The summed E-state index contributed by atoms with van der Waals surface area (Å²) in [5.74, 6) is 0.732. The Bertz CT molecular complexity index is 817. The molecule has 0 N–H and O–H groups in total. The molecule has 8 heteroatoms. The van der Waals surface area contributed by atoms with E-state index in [9.17, 15) is 4.79 Å². The van der Waals surface area contributed by atoms with Crippen LogP contribution in [0, 0.1) is 11.8 Å². The number of rotatable bonds is 2. The van der Waals surface area contributed by atoms with E-state index in [4.69, 9.17) is 16.3 Å². The van der Waals surface area contributed by atoms with Crippen LogP contribution in [0.4, 0.5) is 0 Å². The number of hydrogen-bond acceptors (Lipinski definition) is 5. The molecule has 4 atom stereocenters. The fraction of sp³-hybridized carbons (Fsp3) is 0.375. The van der Waals surface area contributed by atoms with E-state index in [0.29, 0.717) is 41.2 Å². The van der Waals surface area contributed by atoms with Crippen molar-refractivity contribution >= 4 is 17.5 Å². The summed E-state index contributed by atoms with van der Waals surface area (Å²) in [5.41, 5.74) is 1.14. The third-order valence-corrected chi connectivity index (χ3v) is 5.37. The molecule has 2 aromatic rings. The first kappa shape index (κ1) is 14.1. The number of halogens is 1. The van der Waals surface area contributed by atoms with Gasteiger partial charge in [-0.2, -0.15) is 4.68 Å². The van der Waals surface area contributed by atoms with Crippen LogP contribution in [0.3, 0.4) is 0 Å². The van der Waals surface area contributed by atoms with Gasteiger partial charge in [0.2, 0.25) is 0 Å². The molecule has 0 radical (unpaired) electrons. The van der Waals surface area contributed by atoms with Crippen LogP contribution < -0.4 is 0 Å². The molecular weight excluding hydrogens is 330 g/mol. The van der Waals surface area contributed by atoms with Crippen molar-refractivity contribution in [1.29, 1.82) is 0 Å². The molecule has 4 unspecified atom stereocenters. The molecule has 1 amide bonds. The largest absolute Gasteiger partial charge is 0.366 e. The van der Waals surface area contributed by atoms with Gasteiger partial charge in [-0.3, -0.25) is 4.79 Å². The van der Waals surface area contributed by atoms with Crippen LogP contribution >= 0.6 is 11.6 Å². The third-order valence-electron chi connectivity index (χ3n) is 5.13. The zero-order valence-electron chi connectivity index (χ0n) is 12.6. The second-order valence-electron chi connectivity index (χ2n) is 6.40. The molecule has 2 bridgehead atoms. The minimum absolute atomic E-state index is 0.0446. The molecule has 3 aliphatic heterocycles. The normalized spacial score (nSPS) is 30.1. The van der Waals surface area contributed by atoms with E-state index in [1.54, 1.807) is 18.2 Å². The van der Waals surface area contributed by atoms with E-state index in [1.807, 2.05) is 4.90 Å². The van der Waals surface area contributed by atoms with Gasteiger partial charge >= 0.3 is 0 Å². The van der Waals surface area contributed by atoms with Crippen molar-refractivity contribution in [2.75, 3.05) is 13.1 Å². The second kappa shape index (κ2) is 5.12. The fourth-order valence-electron chi connectivity index (χ4n) is 4.01. The van der Waals surface area contributed by atoms with E-state index in [2.05, 4.69) is 27.7 Å². The molecule has 4 heterocycles. The predicted octanol–water partition coefficient (Wildman–Crippen LogP) is 1.34. The molecule has 0 aliphatic carbocycles.